The van der Waals surface area contributed by atoms with E-state index in [-0.39, 0.29) is 17.3 Å². The highest BCUT2D eigenvalue weighted by atomic mass is 32.2. The second-order valence-electron chi connectivity index (χ2n) is 7.81. The smallest absolute Gasteiger partial charge is 0.243 e. The van der Waals surface area contributed by atoms with Crippen LogP contribution in [0.5, 0.6) is 11.5 Å². The van der Waals surface area contributed by atoms with Crippen LogP contribution >= 0.6 is 0 Å². The monoisotopic (exact) mass is 464 g/mol. The molecule has 9 heteroatoms. The molecular weight excluding hydrogens is 435 g/mol. The first-order valence-corrected chi connectivity index (χ1v) is 12.0. The van der Waals surface area contributed by atoms with Gasteiger partial charge < -0.3 is 14.8 Å². The molecule has 1 amide bonds. The summed E-state index contributed by atoms with van der Waals surface area (Å²) in [5.41, 5.74) is 1.29. The predicted molar refractivity (Wildman–Crippen MR) is 119 cm³/mol. The Morgan fingerprint density at radius 2 is 2.00 bits per heavy atom. The number of rotatable bonds is 8. The number of hydrogen-bond donors (Lipinski definition) is 1. The maximum absolute atomic E-state index is 13.9. The summed E-state index contributed by atoms with van der Waals surface area (Å²) < 4.78 is 51.8. The standard InChI is InChI=1S/C23H29FN2O5S/c1-16-9-10-19(14-20(16)24)32(28,29)26-13-5-7-18(15-26)23(27)25-12-11-17-6-4-8-21(30-2)22(17)31-3/h4,6,8-10,14,18H,5,7,11-13,15H2,1-3H3,(H,25,27). The fourth-order valence-electron chi connectivity index (χ4n) is 3.87. The van der Waals surface area contributed by atoms with E-state index in [1.54, 1.807) is 27.2 Å². The molecule has 0 bridgehead atoms. The van der Waals surface area contributed by atoms with Gasteiger partial charge in [-0.2, -0.15) is 4.31 Å². The molecule has 1 saturated heterocycles. The average Bonchev–Trinajstić information content (AvgIpc) is 2.80. The zero-order valence-corrected chi connectivity index (χ0v) is 19.4. The maximum atomic E-state index is 13.9. The number of ether oxygens (including phenoxy) is 2. The number of methoxy groups -OCH3 is 2. The number of halogens is 1. The largest absolute Gasteiger partial charge is 0.493 e. The van der Waals surface area contributed by atoms with E-state index < -0.39 is 21.8 Å². The number of nitrogens with one attached hydrogen (secondary N) is 1. The molecule has 1 aliphatic rings. The van der Waals surface area contributed by atoms with Gasteiger partial charge in [0.25, 0.3) is 0 Å². The molecule has 0 saturated carbocycles. The number of benzene rings is 2. The Morgan fingerprint density at radius 3 is 2.69 bits per heavy atom. The normalized spacial score (nSPS) is 17.1. The van der Waals surface area contributed by atoms with E-state index in [1.165, 1.54) is 16.4 Å². The minimum absolute atomic E-state index is 0.0755. The summed E-state index contributed by atoms with van der Waals surface area (Å²) >= 11 is 0. The van der Waals surface area contributed by atoms with Gasteiger partial charge in [0.1, 0.15) is 5.82 Å². The lowest BCUT2D eigenvalue weighted by molar-refractivity contribution is -0.126. The Hall–Kier alpha value is -2.65. The van der Waals surface area contributed by atoms with Crippen molar-refractivity contribution in [2.45, 2.75) is 31.1 Å². The third-order valence-corrected chi connectivity index (χ3v) is 7.58. The summed E-state index contributed by atoms with van der Waals surface area (Å²) in [6.45, 7) is 2.34. The Labute approximate surface area is 188 Å². The topological polar surface area (TPSA) is 84.9 Å². The van der Waals surface area contributed by atoms with Gasteiger partial charge in [-0.25, -0.2) is 12.8 Å². The average molecular weight is 465 g/mol. The van der Waals surface area contributed by atoms with Crippen LogP contribution < -0.4 is 14.8 Å². The van der Waals surface area contributed by atoms with E-state index in [0.29, 0.717) is 49.4 Å². The van der Waals surface area contributed by atoms with Gasteiger partial charge in [0.2, 0.25) is 15.9 Å². The summed E-state index contributed by atoms with van der Waals surface area (Å²) in [6, 6.07) is 9.45. The molecular formula is C23H29FN2O5S. The molecule has 1 atom stereocenters. The molecule has 1 N–H and O–H groups in total. The van der Waals surface area contributed by atoms with Gasteiger partial charge in [-0.3, -0.25) is 4.79 Å². The molecule has 3 rings (SSSR count). The number of para-hydroxylation sites is 1. The summed E-state index contributed by atoms with van der Waals surface area (Å²) in [5.74, 6) is 0.0368. The summed E-state index contributed by atoms with van der Waals surface area (Å²) in [7, 11) is -0.732. The Balaban J connectivity index is 1.62. The minimum Gasteiger partial charge on any atom is -0.493 e. The molecule has 0 spiro atoms. The summed E-state index contributed by atoms with van der Waals surface area (Å²) in [6.07, 6.45) is 1.71. The van der Waals surface area contributed by atoms with Crippen molar-refractivity contribution in [2.75, 3.05) is 33.9 Å². The quantitative estimate of drug-likeness (QED) is 0.649. The first-order chi connectivity index (χ1) is 15.3. The number of hydrogen-bond acceptors (Lipinski definition) is 5. The summed E-state index contributed by atoms with van der Waals surface area (Å²) in [4.78, 5) is 12.6. The molecule has 1 aliphatic heterocycles. The van der Waals surface area contributed by atoms with Crippen molar-refractivity contribution in [3.8, 4) is 11.5 Å². The zero-order valence-electron chi connectivity index (χ0n) is 18.6. The molecule has 0 aromatic heterocycles. The third kappa shape index (κ3) is 5.21. The molecule has 2 aromatic rings. The van der Waals surface area contributed by atoms with Crippen molar-refractivity contribution in [1.82, 2.24) is 9.62 Å². The highest BCUT2D eigenvalue weighted by molar-refractivity contribution is 7.89. The molecule has 0 aliphatic carbocycles. The van der Waals surface area contributed by atoms with Gasteiger partial charge in [-0.05, 0) is 55.5 Å². The SMILES string of the molecule is COc1cccc(CCNC(=O)C2CCCN(S(=O)(=O)c3ccc(C)c(F)c3)C2)c1OC. The van der Waals surface area contributed by atoms with E-state index in [0.717, 1.165) is 11.6 Å². The highest BCUT2D eigenvalue weighted by Crippen LogP contribution is 2.31. The van der Waals surface area contributed by atoms with Gasteiger partial charge in [0, 0.05) is 19.6 Å². The number of nitrogens with zero attached hydrogens (tertiary/aromatic N) is 1. The molecule has 1 unspecified atom stereocenters. The number of carbonyl (C=O) groups is 1. The molecule has 0 radical (unpaired) electrons. The van der Waals surface area contributed by atoms with Gasteiger partial charge >= 0.3 is 0 Å². The number of aryl methyl sites for hydroxylation is 1. The van der Waals surface area contributed by atoms with Crippen LogP contribution in [-0.4, -0.2) is 52.5 Å². The lowest BCUT2D eigenvalue weighted by Gasteiger charge is -2.31. The summed E-state index contributed by atoms with van der Waals surface area (Å²) in [5, 5.41) is 2.90. The second kappa shape index (κ2) is 10.3. The fraction of sp³-hybridized carbons (Fsp3) is 0.435. The molecule has 174 valence electrons. The Morgan fingerprint density at radius 1 is 1.22 bits per heavy atom. The molecule has 32 heavy (non-hydrogen) atoms. The number of amides is 1. The van der Waals surface area contributed by atoms with Gasteiger partial charge in [0.05, 0.1) is 25.0 Å². The van der Waals surface area contributed by atoms with E-state index in [9.17, 15) is 17.6 Å². The van der Waals surface area contributed by atoms with Crippen molar-refractivity contribution < 1.29 is 27.1 Å². The van der Waals surface area contributed by atoms with E-state index in [1.807, 2.05) is 12.1 Å². The van der Waals surface area contributed by atoms with Crippen molar-refractivity contribution >= 4 is 15.9 Å². The van der Waals surface area contributed by atoms with Crippen molar-refractivity contribution in [3.05, 3.63) is 53.3 Å². The van der Waals surface area contributed by atoms with Crippen LogP contribution in [-0.2, 0) is 21.2 Å². The zero-order chi connectivity index (χ0) is 23.3. The van der Waals surface area contributed by atoms with Gasteiger partial charge in [0.15, 0.2) is 11.5 Å². The van der Waals surface area contributed by atoms with E-state index in [2.05, 4.69) is 5.32 Å². The first kappa shape index (κ1) is 24.0. The number of sulfonamides is 1. The van der Waals surface area contributed by atoms with E-state index in [4.69, 9.17) is 9.47 Å². The van der Waals surface area contributed by atoms with Crippen LogP contribution in [0.1, 0.15) is 24.0 Å². The predicted octanol–water partition coefficient (Wildman–Crippen LogP) is 2.91. The van der Waals surface area contributed by atoms with Crippen LogP contribution in [0.2, 0.25) is 0 Å². The molecule has 1 fully saturated rings. The molecule has 1 heterocycles. The van der Waals surface area contributed by atoms with Crippen LogP contribution in [0, 0.1) is 18.7 Å². The lowest BCUT2D eigenvalue weighted by atomic mass is 9.98. The lowest BCUT2D eigenvalue weighted by Crippen LogP contribution is -2.45. The van der Waals surface area contributed by atoms with Crippen molar-refractivity contribution in [2.24, 2.45) is 5.92 Å². The van der Waals surface area contributed by atoms with Crippen LogP contribution in [0.15, 0.2) is 41.3 Å². The van der Waals surface area contributed by atoms with Crippen molar-refractivity contribution in [1.29, 1.82) is 0 Å². The highest BCUT2D eigenvalue weighted by Gasteiger charge is 2.33. The van der Waals surface area contributed by atoms with Crippen LogP contribution in [0.4, 0.5) is 4.39 Å². The second-order valence-corrected chi connectivity index (χ2v) is 9.74. The fourth-order valence-corrected chi connectivity index (χ4v) is 5.41. The van der Waals surface area contributed by atoms with E-state index >= 15 is 0 Å². The van der Waals surface area contributed by atoms with Crippen LogP contribution in [0.3, 0.4) is 0 Å². The van der Waals surface area contributed by atoms with Crippen LogP contribution in [0.25, 0.3) is 0 Å². The van der Waals surface area contributed by atoms with Gasteiger partial charge in [-0.15, -0.1) is 0 Å². The van der Waals surface area contributed by atoms with Gasteiger partial charge in [-0.1, -0.05) is 18.2 Å². The number of piperidine rings is 1. The number of carbonyl (C=O) groups excluding carboxylic acids is 1. The molecule has 2 aromatic carbocycles. The molecule has 7 nitrogen and oxygen atoms in total. The Bertz CT molecular complexity index is 1070. The Kier molecular flexibility index (Phi) is 7.73. The minimum atomic E-state index is -3.87. The van der Waals surface area contributed by atoms with Crippen molar-refractivity contribution in [3.63, 3.8) is 0 Å². The first-order valence-electron chi connectivity index (χ1n) is 10.5. The maximum Gasteiger partial charge on any atom is 0.243 e. The third-order valence-electron chi connectivity index (χ3n) is 5.71.